The second-order valence-corrected chi connectivity index (χ2v) is 3.81. The number of nitrogen functional groups attached to an aromatic ring is 1. The molecule has 0 heterocycles. The Morgan fingerprint density at radius 2 is 1.74 bits per heavy atom. The van der Waals surface area contributed by atoms with Gasteiger partial charge in [-0.2, -0.15) is 0 Å². The van der Waals surface area contributed by atoms with E-state index >= 15 is 0 Å². The Hall–Kier alpha value is -2.50. The van der Waals surface area contributed by atoms with Crippen LogP contribution in [0.4, 0.5) is 24.5 Å². The van der Waals surface area contributed by atoms with Gasteiger partial charge in [-0.3, -0.25) is 4.79 Å². The smallest absolute Gasteiger partial charge is 0.257 e. The first kappa shape index (κ1) is 12.9. The molecule has 19 heavy (non-hydrogen) atoms. The average Bonchev–Trinajstić information content (AvgIpc) is 2.33. The largest absolute Gasteiger partial charge is 0.398 e. The Morgan fingerprint density at radius 1 is 1.00 bits per heavy atom. The molecule has 2 aromatic carbocycles. The lowest BCUT2D eigenvalue weighted by atomic mass is 10.1. The number of nitrogens with two attached hydrogens (primary N) is 1. The Labute approximate surface area is 106 Å². The van der Waals surface area contributed by atoms with E-state index in [0.29, 0.717) is 0 Å². The van der Waals surface area contributed by atoms with Gasteiger partial charge < -0.3 is 11.1 Å². The van der Waals surface area contributed by atoms with Crippen LogP contribution in [0.15, 0.2) is 36.4 Å². The van der Waals surface area contributed by atoms with E-state index in [4.69, 9.17) is 5.73 Å². The van der Waals surface area contributed by atoms with Gasteiger partial charge in [-0.25, -0.2) is 13.2 Å². The minimum absolute atomic E-state index is 0.0416. The van der Waals surface area contributed by atoms with E-state index in [1.165, 1.54) is 12.1 Å². The summed E-state index contributed by atoms with van der Waals surface area (Å²) >= 11 is 0. The fourth-order valence-corrected chi connectivity index (χ4v) is 1.51. The van der Waals surface area contributed by atoms with E-state index in [9.17, 15) is 18.0 Å². The monoisotopic (exact) mass is 266 g/mol. The maximum Gasteiger partial charge on any atom is 0.257 e. The molecule has 0 unspecified atom stereocenters. The minimum Gasteiger partial charge on any atom is -0.398 e. The topological polar surface area (TPSA) is 55.1 Å². The number of hydrogen-bond acceptors (Lipinski definition) is 2. The summed E-state index contributed by atoms with van der Waals surface area (Å²) in [7, 11) is 0. The summed E-state index contributed by atoms with van der Waals surface area (Å²) in [6.45, 7) is 0. The van der Waals surface area contributed by atoms with Gasteiger partial charge in [0.2, 0.25) is 0 Å². The molecule has 0 fully saturated rings. The first-order valence-electron chi connectivity index (χ1n) is 5.29. The van der Waals surface area contributed by atoms with Gasteiger partial charge in [-0.1, -0.05) is 0 Å². The molecule has 0 aromatic heterocycles. The van der Waals surface area contributed by atoms with Crippen LogP contribution < -0.4 is 11.1 Å². The molecular weight excluding hydrogens is 257 g/mol. The zero-order valence-electron chi connectivity index (χ0n) is 9.58. The first-order chi connectivity index (χ1) is 8.97. The number of benzene rings is 2. The number of anilines is 2. The highest BCUT2D eigenvalue weighted by molar-refractivity contribution is 6.07. The number of hydrogen-bond donors (Lipinski definition) is 2. The summed E-state index contributed by atoms with van der Waals surface area (Å²) in [5.74, 6) is -3.30. The van der Waals surface area contributed by atoms with E-state index in [-0.39, 0.29) is 16.9 Å². The van der Waals surface area contributed by atoms with Crippen molar-refractivity contribution in [2.75, 3.05) is 11.1 Å². The maximum absolute atomic E-state index is 13.0. The molecule has 2 rings (SSSR count). The number of carbonyl (C=O) groups is 1. The number of halogens is 3. The lowest BCUT2D eigenvalue weighted by molar-refractivity contribution is 0.102. The van der Waals surface area contributed by atoms with Crippen LogP contribution in [0.5, 0.6) is 0 Å². The molecule has 0 radical (unpaired) electrons. The predicted molar refractivity (Wildman–Crippen MR) is 65.1 cm³/mol. The highest BCUT2D eigenvalue weighted by Gasteiger charge is 2.11. The van der Waals surface area contributed by atoms with Crippen LogP contribution in [-0.2, 0) is 0 Å². The Bertz CT molecular complexity index is 644. The lowest BCUT2D eigenvalue weighted by Crippen LogP contribution is -2.14. The molecule has 0 spiro atoms. The predicted octanol–water partition coefficient (Wildman–Crippen LogP) is 2.94. The van der Waals surface area contributed by atoms with Crippen molar-refractivity contribution in [3.8, 4) is 0 Å². The normalized spacial score (nSPS) is 10.3. The second kappa shape index (κ2) is 5.01. The molecule has 2 aromatic rings. The summed E-state index contributed by atoms with van der Waals surface area (Å²) in [5, 5.41) is 2.34. The van der Waals surface area contributed by atoms with Crippen molar-refractivity contribution in [2.24, 2.45) is 0 Å². The Morgan fingerprint density at radius 3 is 2.37 bits per heavy atom. The van der Waals surface area contributed by atoms with Crippen LogP contribution in [0.25, 0.3) is 0 Å². The van der Waals surface area contributed by atoms with E-state index in [1.807, 2.05) is 0 Å². The Balaban J connectivity index is 2.23. The van der Waals surface area contributed by atoms with Gasteiger partial charge in [0.25, 0.3) is 5.91 Å². The van der Waals surface area contributed by atoms with Gasteiger partial charge in [-0.15, -0.1) is 0 Å². The summed E-state index contributed by atoms with van der Waals surface area (Å²) in [6.07, 6.45) is 0. The van der Waals surface area contributed by atoms with Crippen molar-refractivity contribution in [3.05, 3.63) is 59.4 Å². The van der Waals surface area contributed by atoms with E-state index in [1.54, 1.807) is 0 Å². The highest BCUT2D eigenvalue weighted by Crippen LogP contribution is 2.17. The standard InChI is InChI=1S/C13H9F3N2O/c14-7-1-3-9(12(17)5-7)13(19)18-8-2-4-10(15)11(16)6-8/h1-6H,17H2,(H,18,19). The second-order valence-electron chi connectivity index (χ2n) is 3.81. The van der Waals surface area contributed by atoms with Crippen LogP contribution in [0, 0.1) is 17.5 Å². The van der Waals surface area contributed by atoms with Gasteiger partial charge in [0.05, 0.1) is 5.56 Å². The van der Waals surface area contributed by atoms with E-state index in [0.717, 1.165) is 24.3 Å². The maximum atomic E-state index is 13.0. The molecular formula is C13H9F3N2O. The van der Waals surface area contributed by atoms with Crippen LogP contribution in [-0.4, -0.2) is 5.91 Å². The van der Waals surface area contributed by atoms with Crippen molar-refractivity contribution >= 4 is 17.3 Å². The van der Waals surface area contributed by atoms with E-state index < -0.39 is 23.4 Å². The van der Waals surface area contributed by atoms with Gasteiger partial charge in [0.15, 0.2) is 11.6 Å². The fraction of sp³-hybridized carbons (Fsp3) is 0. The van der Waals surface area contributed by atoms with Gasteiger partial charge in [0, 0.05) is 17.4 Å². The minimum atomic E-state index is -1.08. The zero-order chi connectivity index (χ0) is 14.0. The quantitative estimate of drug-likeness (QED) is 0.821. The molecule has 3 N–H and O–H groups in total. The highest BCUT2D eigenvalue weighted by atomic mass is 19.2. The molecule has 6 heteroatoms. The number of carbonyl (C=O) groups excluding carboxylic acids is 1. The third kappa shape index (κ3) is 2.85. The van der Waals surface area contributed by atoms with Crippen LogP contribution in [0.3, 0.4) is 0 Å². The van der Waals surface area contributed by atoms with Gasteiger partial charge in [-0.05, 0) is 30.3 Å². The van der Waals surface area contributed by atoms with Crippen LogP contribution in [0.2, 0.25) is 0 Å². The number of rotatable bonds is 2. The van der Waals surface area contributed by atoms with Crippen molar-refractivity contribution in [2.45, 2.75) is 0 Å². The summed E-state index contributed by atoms with van der Waals surface area (Å²) in [6, 6.07) is 6.22. The van der Waals surface area contributed by atoms with Gasteiger partial charge in [0.1, 0.15) is 5.82 Å². The molecule has 0 aliphatic carbocycles. The van der Waals surface area contributed by atoms with E-state index in [2.05, 4.69) is 5.32 Å². The molecule has 98 valence electrons. The van der Waals surface area contributed by atoms with Gasteiger partial charge >= 0.3 is 0 Å². The third-order valence-electron chi connectivity index (χ3n) is 2.44. The zero-order valence-corrected chi connectivity index (χ0v) is 9.58. The SMILES string of the molecule is Nc1cc(F)ccc1C(=O)Nc1ccc(F)c(F)c1. The molecule has 0 bridgehead atoms. The fourth-order valence-electron chi connectivity index (χ4n) is 1.51. The number of nitrogens with one attached hydrogen (secondary N) is 1. The summed E-state index contributed by atoms with van der Waals surface area (Å²) in [4.78, 5) is 11.8. The van der Waals surface area contributed by atoms with Crippen molar-refractivity contribution < 1.29 is 18.0 Å². The molecule has 0 aliphatic rings. The molecule has 3 nitrogen and oxygen atoms in total. The lowest BCUT2D eigenvalue weighted by Gasteiger charge is -2.07. The molecule has 0 aliphatic heterocycles. The Kier molecular flexibility index (Phi) is 3.41. The van der Waals surface area contributed by atoms with Crippen molar-refractivity contribution in [3.63, 3.8) is 0 Å². The number of amides is 1. The molecule has 1 amide bonds. The molecule has 0 saturated heterocycles. The van der Waals surface area contributed by atoms with Crippen LogP contribution in [0.1, 0.15) is 10.4 Å². The van der Waals surface area contributed by atoms with Crippen molar-refractivity contribution in [1.29, 1.82) is 0 Å². The average molecular weight is 266 g/mol. The molecule has 0 saturated carbocycles. The summed E-state index contributed by atoms with van der Waals surface area (Å²) in [5.41, 5.74) is 5.58. The first-order valence-corrected chi connectivity index (χ1v) is 5.29. The molecule has 0 atom stereocenters. The van der Waals surface area contributed by atoms with Crippen LogP contribution >= 0.6 is 0 Å². The third-order valence-corrected chi connectivity index (χ3v) is 2.44. The summed E-state index contributed by atoms with van der Waals surface area (Å²) < 4.78 is 38.5. The van der Waals surface area contributed by atoms with Crippen molar-refractivity contribution in [1.82, 2.24) is 0 Å².